The van der Waals surface area contributed by atoms with Gasteiger partial charge in [-0.15, -0.1) is 0 Å². The molecule has 0 radical (unpaired) electrons. The first-order chi connectivity index (χ1) is 13.2. The number of aromatic amines is 1. The molecule has 1 atom stereocenters. The monoisotopic (exact) mass is 368 g/mol. The van der Waals surface area contributed by atoms with E-state index < -0.39 is 0 Å². The molecule has 2 heterocycles. The molecule has 0 aliphatic rings. The Hall–Kier alpha value is -3.18. The number of hydrogen-bond acceptors (Lipinski definition) is 5. The van der Waals surface area contributed by atoms with E-state index in [1.54, 1.807) is 12.5 Å². The first kappa shape index (κ1) is 20.1. The number of amides is 1. The van der Waals surface area contributed by atoms with Crippen molar-refractivity contribution in [1.29, 1.82) is 5.26 Å². The third-order valence-electron chi connectivity index (χ3n) is 3.90. The molecule has 142 valence electrons. The molecule has 8 nitrogen and oxygen atoms in total. The predicted molar refractivity (Wildman–Crippen MR) is 101 cm³/mol. The largest absolute Gasteiger partial charge is 0.372 e. The van der Waals surface area contributed by atoms with Crippen molar-refractivity contribution in [1.82, 2.24) is 24.8 Å². The summed E-state index contributed by atoms with van der Waals surface area (Å²) in [6.45, 7) is 5.74. The van der Waals surface area contributed by atoms with Crippen molar-refractivity contribution in [3.8, 4) is 6.07 Å². The van der Waals surface area contributed by atoms with Crippen molar-refractivity contribution in [3.05, 3.63) is 60.2 Å². The van der Waals surface area contributed by atoms with Crippen LogP contribution in [-0.4, -0.2) is 44.7 Å². The number of carbonyl (C=O) groups is 1. The fraction of sp³-hybridized carbons (Fsp3) is 0.368. The highest BCUT2D eigenvalue weighted by molar-refractivity contribution is 5.90. The van der Waals surface area contributed by atoms with Gasteiger partial charge < -0.3 is 19.6 Å². The Kier molecular flexibility index (Phi) is 8.00. The van der Waals surface area contributed by atoms with Crippen molar-refractivity contribution in [2.75, 3.05) is 13.2 Å². The molecule has 0 spiro atoms. The average molecular weight is 368 g/mol. The maximum Gasteiger partial charge on any atom is 0.287 e. The summed E-state index contributed by atoms with van der Waals surface area (Å²) >= 11 is 0. The Balaban J connectivity index is 1.79. The molecule has 2 N–H and O–H groups in total. The molecule has 0 saturated heterocycles. The van der Waals surface area contributed by atoms with Gasteiger partial charge in [-0.25, -0.2) is 9.97 Å². The number of rotatable bonds is 10. The standard InChI is InChI=1S/C19H24N6O2/c1-3-15(17(4-2)27-11-10-25-9-8-21-14-25)6-5-7-22-19(26)18-23-13-16(12-20)24-18/h3,5-6,8-9,13-14,17H,4,7,10-11H2,1-2H3,(H,22,26)(H,23,24)/b6-5-,15-3+. The zero-order valence-electron chi connectivity index (χ0n) is 15.6. The SMILES string of the molecule is C/C=C(\C=C/CNC(=O)c1nc(C#N)c[nH]1)C(CC)OCCn1ccnc1. The lowest BCUT2D eigenvalue weighted by Crippen LogP contribution is -2.24. The molecule has 0 aliphatic heterocycles. The van der Waals surface area contributed by atoms with Crippen LogP contribution < -0.4 is 5.32 Å². The topological polar surface area (TPSA) is 109 Å². The van der Waals surface area contributed by atoms with E-state index in [9.17, 15) is 4.79 Å². The molecule has 8 heteroatoms. The minimum Gasteiger partial charge on any atom is -0.372 e. The molecule has 0 aliphatic carbocycles. The Morgan fingerprint density at radius 3 is 3.04 bits per heavy atom. The van der Waals surface area contributed by atoms with Gasteiger partial charge in [0.15, 0.2) is 11.5 Å². The highest BCUT2D eigenvalue weighted by Crippen LogP contribution is 2.12. The van der Waals surface area contributed by atoms with E-state index in [4.69, 9.17) is 10.00 Å². The van der Waals surface area contributed by atoms with Gasteiger partial charge in [-0.3, -0.25) is 4.79 Å². The fourth-order valence-electron chi connectivity index (χ4n) is 2.48. The van der Waals surface area contributed by atoms with Gasteiger partial charge in [0.1, 0.15) is 6.07 Å². The van der Waals surface area contributed by atoms with Crippen molar-refractivity contribution in [2.24, 2.45) is 0 Å². The van der Waals surface area contributed by atoms with Crippen molar-refractivity contribution in [2.45, 2.75) is 32.9 Å². The van der Waals surface area contributed by atoms with Gasteiger partial charge in [0.2, 0.25) is 0 Å². The lowest BCUT2D eigenvalue weighted by molar-refractivity contribution is 0.0711. The molecule has 2 aromatic rings. The summed E-state index contributed by atoms with van der Waals surface area (Å²) in [5.74, 6) is -0.229. The lowest BCUT2D eigenvalue weighted by atomic mass is 10.1. The summed E-state index contributed by atoms with van der Waals surface area (Å²) in [6.07, 6.45) is 13.5. The Morgan fingerprint density at radius 1 is 1.56 bits per heavy atom. The molecule has 2 aromatic heterocycles. The van der Waals surface area contributed by atoms with Crippen LogP contribution in [0.3, 0.4) is 0 Å². The van der Waals surface area contributed by atoms with Gasteiger partial charge in [0, 0.05) is 31.7 Å². The summed E-state index contributed by atoms with van der Waals surface area (Å²) < 4.78 is 7.95. The quantitative estimate of drug-likeness (QED) is 0.625. The van der Waals surface area contributed by atoms with Crippen LogP contribution in [-0.2, 0) is 11.3 Å². The van der Waals surface area contributed by atoms with Gasteiger partial charge in [-0.1, -0.05) is 25.2 Å². The average Bonchev–Trinajstić information content (AvgIpc) is 3.37. The number of hydrogen-bond donors (Lipinski definition) is 2. The second kappa shape index (κ2) is 10.7. The van der Waals surface area contributed by atoms with Crippen molar-refractivity contribution < 1.29 is 9.53 Å². The number of nitrogens with one attached hydrogen (secondary N) is 2. The molecule has 0 saturated carbocycles. The third-order valence-corrected chi connectivity index (χ3v) is 3.90. The Labute approximate surface area is 158 Å². The van der Waals surface area contributed by atoms with E-state index in [1.165, 1.54) is 6.20 Å². The van der Waals surface area contributed by atoms with Gasteiger partial charge in [0.25, 0.3) is 5.91 Å². The molecule has 2 rings (SSSR count). The zero-order valence-corrected chi connectivity index (χ0v) is 15.6. The zero-order chi connectivity index (χ0) is 19.5. The molecular formula is C19H24N6O2. The molecule has 0 bridgehead atoms. The molecule has 0 aromatic carbocycles. The van der Waals surface area contributed by atoms with E-state index in [0.29, 0.717) is 13.2 Å². The number of nitriles is 1. The van der Waals surface area contributed by atoms with Gasteiger partial charge in [0.05, 0.1) is 19.0 Å². The number of nitrogens with zero attached hydrogens (tertiary/aromatic N) is 4. The molecule has 1 unspecified atom stereocenters. The lowest BCUT2D eigenvalue weighted by Gasteiger charge is -2.17. The minimum atomic E-state index is -0.355. The molecule has 1 amide bonds. The van der Waals surface area contributed by atoms with Crippen molar-refractivity contribution >= 4 is 5.91 Å². The van der Waals surface area contributed by atoms with Crippen LogP contribution >= 0.6 is 0 Å². The van der Waals surface area contributed by atoms with Crippen molar-refractivity contribution in [3.63, 3.8) is 0 Å². The van der Waals surface area contributed by atoms with Crippen LogP contribution in [0.2, 0.25) is 0 Å². The second-order valence-corrected chi connectivity index (χ2v) is 5.72. The van der Waals surface area contributed by atoms with Gasteiger partial charge >= 0.3 is 0 Å². The second-order valence-electron chi connectivity index (χ2n) is 5.72. The van der Waals surface area contributed by atoms with E-state index in [-0.39, 0.29) is 23.5 Å². The van der Waals surface area contributed by atoms with Gasteiger partial charge in [-0.2, -0.15) is 5.26 Å². The highest BCUT2D eigenvalue weighted by Gasteiger charge is 2.11. The normalized spacial score (nSPS) is 12.9. The van der Waals surface area contributed by atoms with Crippen LogP contribution in [0.1, 0.15) is 36.6 Å². The van der Waals surface area contributed by atoms with E-state index >= 15 is 0 Å². The Bertz CT molecular complexity index is 814. The number of aromatic nitrogens is 4. The predicted octanol–water partition coefficient (Wildman–Crippen LogP) is 2.21. The number of allylic oxidation sites excluding steroid dienone is 1. The Morgan fingerprint density at radius 2 is 2.41 bits per heavy atom. The summed E-state index contributed by atoms with van der Waals surface area (Å²) in [5, 5.41) is 11.5. The van der Waals surface area contributed by atoms with Crippen LogP contribution in [0.5, 0.6) is 0 Å². The third kappa shape index (κ3) is 6.24. The summed E-state index contributed by atoms with van der Waals surface area (Å²) in [7, 11) is 0. The maximum atomic E-state index is 11.9. The van der Waals surface area contributed by atoms with Crippen LogP contribution in [0.15, 0.2) is 48.7 Å². The number of H-pyrrole nitrogens is 1. The van der Waals surface area contributed by atoms with E-state index in [1.807, 2.05) is 42.0 Å². The number of carbonyl (C=O) groups excluding carboxylic acids is 1. The smallest absolute Gasteiger partial charge is 0.287 e. The van der Waals surface area contributed by atoms with Gasteiger partial charge in [-0.05, 0) is 18.9 Å². The molecular weight excluding hydrogens is 344 g/mol. The first-order valence-electron chi connectivity index (χ1n) is 8.81. The van der Waals surface area contributed by atoms with E-state index in [2.05, 4.69) is 27.2 Å². The van der Waals surface area contributed by atoms with Crippen LogP contribution in [0.25, 0.3) is 0 Å². The fourth-order valence-corrected chi connectivity index (χ4v) is 2.48. The molecule has 0 fully saturated rings. The summed E-state index contributed by atoms with van der Waals surface area (Å²) in [6, 6.07) is 1.87. The summed E-state index contributed by atoms with van der Waals surface area (Å²) in [4.78, 5) is 22.5. The summed E-state index contributed by atoms with van der Waals surface area (Å²) in [5.41, 5.74) is 1.24. The first-order valence-corrected chi connectivity index (χ1v) is 8.81. The molecule has 27 heavy (non-hydrogen) atoms. The van der Waals surface area contributed by atoms with E-state index in [0.717, 1.165) is 18.5 Å². The van der Waals surface area contributed by atoms with Crippen LogP contribution in [0.4, 0.5) is 0 Å². The minimum absolute atomic E-state index is 0.00580. The van der Waals surface area contributed by atoms with Crippen LogP contribution in [0, 0.1) is 11.3 Å². The number of imidazole rings is 2. The maximum absolute atomic E-state index is 11.9. The number of ether oxygens (including phenoxy) is 1. The highest BCUT2D eigenvalue weighted by atomic mass is 16.5.